The van der Waals surface area contributed by atoms with Crippen molar-refractivity contribution in [2.24, 2.45) is 11.7 Å². The van der Waals surface area contributed by atoms with E-state index in [1.807, 2.05) is 30.5 Å². The molecule has 0 spiro atoms. The molecule has 0 aliphatic heterocycles. The van der Waals surface area contributed by atoms with Crippen LogP contribution in [0.3, 0.4) is 0 Å². The van der Waals surface area contributed by atoms with Crippen LogP contribution in [-0.4, -0.2) is 26.5 Å². The van der Waals surface area contributed by atoms with Crippen molar-refractivity contribution < 1.29 is 4.79 Å². The van der Waals surface area contributed by atoms with Gasteiger partial charge in [0, 0.05) is 16.6 Å². The minimum Gasteiger partial charge on any atom is -0.369 e. The molecule has 1 aromatic carbocycles. The lowest BCUT2D eigenvalue weighted by molar-refractivity contribution is -0.122. The lowest BCUT2D eigenvalue weighted by atomic mass is 9.94. The molecule has 136 valence electrons. The van der Waals surface area contributed by atoms with E-state index < -0.39 is 0 Å². The molecular formula is C18H20ClN5OS. The molecule has 1 aliphatic carbocycles. The van der Waals surface area contributed by atoms with Crippen molar-refractivity contribution in [2.45, 2.75) is 38.1 Å². The molecule has 2 atom stereocenters. The third-order valence-electron chi connectivity index (χ3n) is 4.87. The zero-order valence-electron chi connectivity index (χ0n) is 14.2. The Bertz CT molecular complexity index is 888. The summed E-state index contributed by atoms with van der Waals surface area (Å²) in [5.41, 5.74) is 7.46. The van der Waals surface area contributed by atoms with Crippen LogP contribution in [0.25, 0.3) is 16.2 Å². The number of fused-ring (bicyclic) bond motifs is 1. The number of amides is 1. The molecule has 1 fully saturated rings. The summed E-state index contributed by atoms with van der Waals surface area (Å²) in [5.74, 6) is -0.367. The second kappa shape index (κ2) is 7.25. The number of hydrogen-bond donors (Lipinski definition) is 2. The third-order valence-corrected chi connectivity index (χ3v) is 5.98. The highest BCUT2D eigenvalue weighted by Crippen LogP contribution is 2.29. The number of primary amides is 1. The summed E-state index contributed by atoms with van der Waals surface area (Å²) in [7, 11) is 0. The van der Waals surface area contributed by atoms with Gasteiger partial charge < -0.3 is 11.1 Å². The van der Waals surface area contributed by atoms with E-state index in [4.69, 9.17) is 17.3 Å². The summed E-state index contributed by atoms with van der Waals surface area (Å²) in [6.45, 7) is 0. The van der Waals surface area contributed by atoms with Crippen LogP contribution in [0.1, 0.15) is 32.1 Å². The second-order valence-electron chi connectivity index (χ2n) is 6.67. The first-order chi connectivity index (χ1) is 12.6. The molecule has 2 heterocycles. The number of carbonyl (C=O) groups excluding carboxylic acids is 1. The van der Waals surface area contributed by atoms with Crippen molar-refractivity contribution in [2.75, 3.05) is 5.32 Å². The lowest BCUT2D eigenvalue weighted by Crippen LogP contribution is -2.37. The molecular weight excluding hydrogens is 370 g/mol. The fourth-order valence-electron chi connectivity index (χ4n) is 3.50. The minimum absolute atomic E-state index is 0.0431. The predicted octanol–water partition coefficient (Wildman–Crippen LogP) is 3.96. The number of imidazole rings is 1. The van der Waals surface area contributed by atoms with E-state index in [2.05, 4.69) is 15.4 Å². The number of halogens is 1. The number of aromatic nitrogens is 3. The standard InChI is InChI=1S/C18H20ClN5OS/c19-12-8-6-11(7-9-12)15-10-24-18(22-15)26-17(23-24)21-14-5-3-1-2-4-13(14)16(20)25/h6-10,13-14H,1-5H2,(H2,20,25)(H,21,23). The van der Waals surface area contributed by atoms with Gasteiger partial charge in [0.15, 0.2) is 0 Å². The SMILES string of the molecule is NC(=O)C1CCCCCC1Nc1nn2cc(-c3ccc(Cl)cc3)nc2s1. The highest BCUT2D eigenvalue weighted by atomic mass is 35.5. The van der Waals surface area contributed by atoms with Crippen molar-refractivity contribution in [1.82, 2.24) is 14.6 Å². The van der Waals surface area contributed by atoms with E-state index in [-0.39, 0.29) is 17.9 Å². The first-order valence-corrected chi connectivity index (χ1v) is 9.97. The Morgan fingerprint density at radius 1 is 1.23 bits per heavy atom. The Hall–Kier alpha value is -2.12. The van der Waals surface area contributed by atoms with Crippen LogP contribution in [-0.2, 0) is 4.79 Å². The van der Waals surface area contributed by atoms with Crippen LogP contribution in [0, 0.1) is 5.92 Å². The molecule has 0 radical (unpaired) electrons. The first kappa shape index (κ1) is 17.3. The van der Waals surface area contributed by atoms with Crippen molar-refractivity contribution in [1.29, 1.82) is 0 Å². The molecule has 0 saturated heterocycles. The minimum atomic E-state index is -0.226. The van der Waals surface area contributed by atoms with Gasteiger partial charge in [-0.25, -0.2) is 9.50 Å². The summed E-state index contributed by atoms with van der Waals surface area (Å²) in [5, 5.41) is 9.47. The van der Waals surface area contributed by atoms with E-state index in [0.29, 0.717) is 5.02 Å². The van der Waals surface area contributed by atoms with E-state index in [1.165, 1.54) is 11.3 Å². The van der Waals surface area contributed by atoms with E-state index in [9.17, 15) is 4.79 Å². The number of benzene rings is 1. The van der Waals surface area contributed by atoms with Gasteiger partial charge in [-0.1, -0.05) is 54.3 Å². The van der Waals surface area contributed by atoms with Gasteiger partial charge >= 0.3 is 0 Å². The van der Waals surface area contributed by atoms with Gasteiger partial charge in [0.05, 0.1) is 17.8 Å². The van der Waals surface area contributed by atoms with Gasteiger partial charge in [-0.3, -0.25) is 4.79 Å². The molecule has 4 rings (SSSR count). The lowest BCUT2D eigenvalue weighted by Gasteiger charge is -2.22. The maximum atomic E-state index is 11.8. The average Bonchev–Trinajstić information content (AvgIpc) is 3.06. The summed E-state index contributed by atoms with van der Waals surface area (Å²) in [6, 6.07) is 7.62. The van der Waals surface area contributed by atoms with Gasteiger partial charge in [-0.15, -0.1) is 5.10 Å². The van der Waals surface area contributed by atoms with Crippen LogP contribution in [0.4, 0.5) is 5.13 Å². The van der Waals surface area contributed by atoms with Crippen molar-refractivity contribution in [3.05, 3.63) is 35.5 Å². The molecule has 0 bridgehead atoms. The molecule has 2 unspecified atom stereocenters. The normalized spacial score (nSPS) is 20.8. The van der Waals surface area contributed by atoms with Crippen LogP contribution >= 0.6 is 22.9 Å². The van der Waals surface area contributed by atoms with E-state index >= 15 is 0 Å². The van der Waals surface area contributed by atoms with Crippen LogP contribution < -0.4 is 11.1 Å². The number of rotatable bonds is 4. The van der Waals surface area contributed by atoms with Crippen molar-refractivity contribution >= 4 is 38.9 Å². The fraction of sp³-hybridized carbons (Fsp3) is 0.389. The van der Waals surface area contributed by atoms with Crippen LogP contribution in [0.5, 0.6) is 0 Å². The summed E-state index contributed by atoms with van der Waals surface area (Å²) < 4.78 is 1.77. The maximum Gasteiger partial charge on any atom is 0.222 e. The van der Waals surface area contributed by atoms with Crippen molar-refractivity contribution in [3.63, 3.8) is 0 Å². The number of nitrogens with two attached hydrogens (primary N) is 1. The largest absolute Gasteiger partial charge is 0.369 e. The van der Waals surface area contributed by atoms with Gasteiger partial charge in [0.2, 0.25) is 16.0 Å². The number of hydrogen-bond acceptors (Lipinski definition) is 5. The zero-order valence-corrected chi connectivity index (χ0v) is 15.8. The molecule has 2 aromatic heterocycles. The molecule has 26 heavy (non-hydrogen) atoms. The van der Waals surface area contributed by atoms with Crippen molar-refractivity contribution in [3.8, 4) is 11.3 Å². The monoisotopic (exact) mass is 389 g/mol. The smallest absolute Gasteiger partial charge is 0.222 e. The number of anilines is 1. The molecule has 3 aromatic rings. The van der Waals surface area contributed by atoms with E-state index in [0.717, 1.165) is 53.5 Å². The third kappa shape index (κ3) is 3.54. The molecule has 8 heteroatoms. The quantitative estimate of drug-likeness (QED) is 0.661. The molecule has 1 aliphatic rings. The van der Waals surface area contributed by atoms with Gasteiger partial charge in [0.25, 0.3) is 0 Å². The summed E-state index contributed by atoms with van der Waals surface area (Å²) in [4.78, 5) is 17.2. The highest BCUT2D eigenvalue weighted by Gasteiger charge is 2.28. The molecule has 1 saturated carbocycles. The molecule has 6 nitrogen and oxygen atoms in total. The molecule has 3 N–H and O–H groups in total. The topological polar surface area (TPSA) is 85.3 Å². The Balaban J connectivity index is 1.55. The Kier molecular flexibility index (Phi) is 4.82. The number of carbonyl (C=O) groups is 1. The first-order valence-electron chi connectivity index (χ1n) is 8.78. The number of nitrogens with one attached hydrogen (secondary N) is 1. The summed E-state index contributed by atoms with van der Waals surface area (Å²) >= 11 is 7.42. The highest BCUT2D eigenvalue weighted by molar-refractivity contribution is 7.20. The number of nitrogens with zero attached hydrogens (tertiary/aromatic N) is 3. The van der Waals surface area contributed by atoms with Gasteiger partial charge in [-0.05, 0) is 25.0 Å². The maximum absolute atomic E-state index is 11.8. The predicted molar refractivity (Wildman–Crippen MR) is 104 cm³/mol. The van der Waals surface area contributed by atoms with Crippen LogP contribution in [0.15, 0.2) is 30.5 Å². The van der Waals surface area contributed by atoms with E-state index in [1.54, 1.807) is 4.52 Å². The summed E-state index contributed by atoms with van der Waals surface area (Å²) in [6.07, 6.45) is 6.98. The zero-order chi connectivity index (χ0) is 18.1. The van der Waals surface area contributed by atoms with Gasteiger partial charge in [0.1, 0.15) is 0 Å². The second-order valence-corrected chi connectivity index (χ2v) is 8.06. The Morgan fingerprint density at radius 2 is 2.00 bits per heavy atom. The average molecular weight is 390 g/mol. The fourth-order valence-corrected chi connectivity index (χ4v) is 4.47. The Labute approximate surface area is 160 Å². The Morgan fingerprint density at radius 3 is 2.73 bits per heavy atom. The van der Waals surface area contributed by atoms with Crippen LogP contribution in [0.2, 0.25) is 5.02 Å². The van der Waals surface area contributed by atoms with Gasteiger partial charge in [-0.2, -0.15) is 0 Å². The molecule has 1 amide bonds.